The highest BCUT2D eigenvalue weighted by molar-refractivity contribution is 6.31. The number of hydrogen-bond acceptors (Lipinski definition) is 1. The number of alkyl halides is 2. The Balaban J connectivity index is 2.37. The van der Waals surface area contributed by atoms with E-state index in [1.807, 2.05) is 6.07 Å². The van der Waals surface area contributed by atoms with Crippen LogP contribution in [0.5, 0.6) is 0 Å². The molecule has 0 aliphatic heterocycles. The predicted molar refractivity (Wildman–Crippen MR) is 65.6 cm³/mol. The van der Waals surface area contributed by atoms with Crippen molar-refractivity contribution >= 4 is 22.5 Å². The van der Waals surface area contributed by atoms with Gasteiger partial charge in [-0.15, -0.1) is 0 Å². The largest absolute Gasteiger partial charge is 0.361 e. The van der Waals surface area contributed by atoms with Crippen LogP contribution < -0.4 is 5.73 Å². The van der Waals surface area contributed by atoms with Crippen molar-refractivity contribution in [3.05, 3.63) is 35.0 Å². The highest BCUT2D eigenvalue weighted by atomic mass is 35.5. The van der Waals surface area contributed by atoms with E-state index in [1.165, 1.54) is 6.92 Å². The second-order valence-electron chi connectivity index (χ2n) is 4.49. The molecule has 0 aliphatic carbocycles. The molecule has 3 N–H and O–H groups in total. The summed E-state index contributed by atoms with van der Waals surface area (Å²) in [5.41, 5.74) is 5.67. The van der Waals surface area contributed by atoms with Crippen LogP contribution in [0.25, 0.3) is 10.9 Å². The van der Waals surface area contributed by atoms with Crippen molar-refractivity contribution in [3.8, 4) is 0 Å². The highest BCUT2D eigenvalue weighted by Gasteiger charge is 2.31. The second-order valence-corrected chi connectivity index (χ2v) is 4.92. The number of benzene rings is 1. The van der Waals surface area contributed by atoms with Crippen LogP contribution in [0.2, 0.25) is 5.02 Å². The molecular formula is C12H13ClF2N2. The highest BCUT2D eigenvalue weighted by Crippen LogP contribution is 2.26. The van der Waals surface area contributed by atoms with Gasteiger partial charge in [-0.05, 0) is 31.0 Å². The van der Waals surface area contributed by atoms with Crippen LogP contribution in [-0.4, -0.2) is 16.9 Å². The Hall–Kier alpha value is -1.13. The normalized spacial score (nSPS) is 15.4. The van der Waals surface area contributed by atoms with E-state index in [2.05, 4.69) is 4.98 Å². The van der Waals surface area contributed by atoms with E-state index in [0.717, 1.165) is 16.5 Å². The van der Waals surface area contributed by atoms with Crippen molar-refractivity contribution in [1.29, 1.82) is 0 Å². The summed E-state index contributed by atoms with van der Waals surface area (Å²) in [5, 5.41) is 1.49. The summed E-state index contributed by atoms with van der Waals surface area (Å²) in [6.07, 6.45) is -0.736. The molecule has 0 spiro atoms. The molecule has 1 heterocycles. The van der Waals surface area contributed by atoms with Crippen LogP contribution in [0.15, 0.2) is 24.4 Å². The molecule has 0 bridgehead atoms. The van der Waals surface area contributed by atoms with E-state index in [1.54, 1.807) is 18.3 Å². The fourth-order valence-corrected chi connectivity index (χ4v) is 1.96. The summed E-state index contributed by atoms with van der Waals surface area (Å²) < 4.78 is 25.4. The maximum absolute atomic E-state index is 12.7. The number of halogens is 3. The lowest BCUT2D eigenvalue weighted by atomic mass is 9.94. The third kappa shape index (κ3) is 2.42. The SMILES string of the molecule is CC(N)(Cc1c[nH]c2cc(Cl)ccc12)C(F)F. The molecule has 2 aromatic rings. The molecule has 0 radical (unpaired) electrons. The zero-order valence-electron chi connectivity index (χ0n) is 9.31. The smallest absolute Gasteiger partial charge is 0.256 e. The maximum Gasteiger partial charge on any atom is 0.256 e. The van der Waals surface area contributed by atoms with Crippen molar-refractivity contribution in [2.75, 3.05) is 0 Å². The van der Waals surface area contributed by atoms with Crippen LogP contribution in [-0.2, 0) is 6.42 Å². The predicted octanol–water partition coefficient (Wildman–Crippen LogP) is 3.35. The van der Waals surface area contributed by atoms with Crippen LogP contribution in [0.1, 0.15) is 12.5 Å². The minimum absolute atomic E-state index is 0.117. The van der Waals surface area contributed by atoms with Crippen molar-refractivity contribution < 1.29 is 8.78 Å². The minimum atomic E-state index is -2.56. The summed E-state index contributed by atoms with van der Waals surface area (Å²) >= 11 is 5.85. The van der Waals surface area contributed by atoms with Gasteiger partial charge in [0.05, 0.1) is 5.54 Å². The van der Waals surface area contributed by atoms with E-state index in [9.17, 15) is 8.78 Å². The minimum Gasteiger partial charge on any atom is -0.361 e. The number of rotatable bonds is 3. The van der Waals surface area contributed by atoms with Gasteiger partial charge in [0.25, 0.3) is 6.43 Å². The molecule has 1 aromatic carbocycles. The first-order valence-corrected chi connectivity index (χ1v) is 5.60. The first-order valence-electron chi connectivity index (χ1n) is 5.23. The molecule has 0 saturated heterocycles. The van der Waals surface area contributed by atoms with Crippen molar-refractivity contribution in [2.45, 2.75) is 25.3 Å². The Bertz CT molecular complexity index is 534. The van der Waals surface area contributed by atoms with Crippen molar-refractivity contribution in [2.24, 2.45) is 5.73 Å². The summed E-state index contributed by atoms with van der Waals surface area (Å²) in [7, 11) is 0. The van der Waals surface area contributed by atoms with Crippen molar-refractivity contribution in [3.63, 3.8) is 0 Å². The second kappa shape index (κ2) is 4.27. The molecular weight excluding hydrogens is 246 g/mol. The molecule has 0 saturated carbocycles. The van der Waals surface area contributed by atoms with Gasteiger partial charge >= 0.3 is 0 Å². The van der Waals surface area contributed by atoms with Crippen LogP contribution >= 0.6 is 11.6 Å². The van der Waals surface area contributed by atoms with Gasteiger partial charge in [-0.1, -0.05) is 17.7 Å². The Morgan fingerprint density at radius 1 is 1.47 bits per heavy atom. The number of hydrogen-bond donors (Lipinski definition) is 2. The number of nitrogens with one attached hydrogen (secondary N) is 1. The van der Waals surface area contributed by atoms with E-state index >= 15 is 0 Å². The van der Waals surface area contributed by atoms with E-state index < -0.39 is 12.0 Å². The topological polar surface area (TPSA) is 41.8 Å². The van der Waals surface area contributed by atoms with Gasteiger partial charge in [0, 0.05) is 22.1 Å². The van der Waals surface area contributed by atoms with Crippen molar-refractivity contribution in [1.82, 2.24) is 4.98 Å². The quantitative estimate of drug-likeness (QED) is 0.871. The van der Waals surface area contributed by atoms with E-state index in [4.69, 9.17) is 17.3 Å². The first kappa shape index (κ1) is 12.3. The van der Waals surface area contributed by atoms with Gasteiger partial charge in [-0.2, -0.15) is 0 Å². The molecule has 2 nitrogen and oxygen atoms in total. The molecule has 5 heteroatoms. The Morgan fingerprint density at radius 2 is 2.18 bits per heavy atom. The molecule has 0 fully saturated rings. The summed E-state index contributed by atoms with van der Waals surface area (Å²) in [6.45, 7) is 1.35. The molecule has 2 rings (SSSR count). The van der Waals surface area contributed by atoms with Gasteiger partial charge in [0.1, 0.15) is 0 Å². The lowest BCUT2D eigenvalue weighted by Crippen LogP contribution is -2.45. The third-order valence-corrected chi connectivity index (χ3v) is 3.03. The molecule has 92 valence electrons. The molecule has 1 unspecified atom stereocenters. The lowest BCUT2D eigenvalue weighted by molar-refractivity contribution is 0.0641. The molecule has 17 heavy (non-hydrogen) atoms. The third-order valence-electron chi connectivity index (χ3n) is 2.80. The average Bonchev–Trinajstić information content (AvgIpc) is 2.60. The summed E-state index contributed by atoms with van der Waals surface area (Å²) in [5.74, 6) is 0. The Kier molecular flexibility index (Phi) is 3.10. The van der Waals surface area contributed by atoms with Crippen LogP contribution in [0.4, 0.5) is 8.78 Å². The first-order chi connectivity index (χ1) is 7.90. The van der Waals surface area contributed by atoms with Gasteiger partial charge in [-0.3, -0.25) is 0 Å². The van der Waals surface area contributed by atoms with Gasteiger partial charge in [0.2, 0.25) is 0 Å². The zero-order valence-corrected chi connectivity index (χ0v) is 10.1. The van der Waals surface area contributed by atoms with Crippen LogP contribution in [0.3, 0.4) is 0 Å². The number of H-pyrrole nitrogens is 1. The number of fused-ring (bicyclic) bond motifs is 1. The fraction of sp³-hybridized carbons (Fsp3) is 0.333. The fourth-order valence-electron chi connectivity index (χ4n) is 1.79. The number of nitrogens with two attached hydrogens (primary N) is 1. The molecule has 1 aromatic heterocycles. The molecule has 0 aliphatic rings. The van der Waals surface area contributed by atoms with Gasteiger partial charge < -0.3 is 10.7 Å². The molecule has 1 atom stereocenters. The van der Waals surface area contributed by atoms with Crippen LogP contribution in [0, 0.1) is 0 Å². The maximum atomic E-state index is 12.7. The average molecular weight is 259 g/mol. The zero-order chi connectivity index (χ0) is 12.6. The summed E-state index contributed by atoms with van der Waals surface area (Å²) in [4.78, 5) is 3.01. The Morgan fingerprint density at radius 3 is 2.82 bits per heavy atom. The summed E-state index contributed by atoms with van der Waals surface area (Å²) in [6, 6.07) is 5.30. The molecule has 0 amide bonds. The van der Waals surface area contributed by atoms with E-state index in [-0.39, 0.29) is 6.42 Å². The number of aromatic nitrogens is 1. The van der Waals surface area contributed by atoms with Gasteiger partial charge in [-0.25, -0.2) is 8.78 Å². The van der Waals surface area contributed by atoms with E-state index in [0.29, 0.717) is 5.02 Å². The van der Waals surface area contributed by atoms with Gasteiger partial charge in [0.15, 0.2) is 0 Å². The number of aromatic amines is 1. The Labute approximate surface area is 103 Å². The monoisotopic (exact) mass is 258 g/mol. The standard InChI is InChI=1S/C12H13ClF2N2/c1-12(16,11(14)15)5-7-6-17-10-4-8(13)2-3-9(7)10/h2-4,6,11,17H,5,16H2,1H3. The lowest BCUT2D eigenvalue weighted by Gasteiger charge is -2.23.